The largest absolute Gasteiger partial charge is 0.497 e. The standard InChI is InChI=1S/C14H13ClO3/c1-9(16)14-6-5-12(18-14)7-10-3-4-11(17-2)8-13(10)15/h3-6,8H,7H2,1-2H3. The van der Waals surface area contributed by atoms with Gasteiger partial charge in [0.25, 0.3) is 0 Å². The van der Waals surface area contributed by atoms with Crippen molar-refractivity contribution in [3.8, 4) is 5.75 Å². The third-order valence-corrected chi connectivity index (χ3v) is 2.99. The van der Waals surface area contributed by atoms with E-state index in [1.165, 1.54) is 6.92 Å². The third-order valence-electron chi connectivity index (χ3n) is 2.63. The molecule has 0 aliphatic carbocycles. The van der Waals surface area contributed by atoms with Crippen LogP contribution in [-0.4, -0.2) is 12.9 Å². The molecule has 3 nitrogen and oxygen atoms in total. The molecule has 0 fully saturated rings. The van der Waals surface area contributed by atoms with Gasteiger partial charge in [-0.05, 0) is 29.8 Å². The van der Waals surface area contributed by atoms with Gasteiger partial charge in [-0.25, -0.2) is 0 Å². The average Bonchev–Trinajstić information content (AvgIpc) is 2.80. The zero-order valence-corrected chi connectivity index (χ0v) is 11.0. The Bertz CT molecular complexity index is 572. The summed E-state index contributed by atoms with van der Waals surface area (Å²) >= 11 is 6.14. The van der Waals surface area contributed by atoms with Crippen molar-refractivity contribution in [2.45, 2.75) is 13.3 Å². The predicted octanol–water partition coefficient (Wildman–Crippen LogP) is 3.74. The SMILES string of the molecule is COc1ccc(Cc2ccc(C(C)=O)o2)c(Cl)c1. The minimum Gasteiger partial charge on any atom is -0.497 e. The molecule has 1 aromatic carbocycles. The average molecular weight is 265 g/mol. The molecule has 0 N–H and O–H groups in total. The molecule has 0 amide bonds. The number of benzene rings is 1. The molecule has 0 atom stereocenters. The van der Waals surface area contributed by atoms with Crippen molar-refractivity contribution in [3.63, 3.8) is 0 Å². The maximum absolute atomic E-state index is 11.1. The first-order valence-corrected chi connectivity index (χ1v) is 5.90. The minimum absolute atomic E-state index is 0.0814. The molecular weight excluding hydrogens is 252 g/mol. The Labute approximate surface area is 110 Å². The third kappa shape index (κ3) is 2.74. The van der Waals surface area contributed by atoms with Crippen LogP contribution in [0, 0.1) is 0 Å². The molecule has 0 aliphatic heterocycles. The summed E-state index contributed by atoms with van der Waals surface area (Å²) in [5.74, 6) is 1.72. The highest BCUT2D eigenvalue weighted by molar-refractivity contribution is 6.31. The number of hydrogen-bond acceptors (Lipinski definition) is 3. The van der Waals surface area contributed by atoms with E-state index < -0.39 is 0 Å². The number of Topliss-reactive ketones (excluding diaryl/α,β-unsaturated/α-hetero) is 1. The van der Waals surface area contributed by atoms with E-state index in [9.17, 15) is 4.79 Å². The van der Waals surface area contributed by atoms with Gasteiger partial charge >= 0.3 is 0 Å². The first-order valence-electron chi connectivity index (χ1n) is 5.52. The molecule has 0 saturated heterocycles. The summed E-state index contributed by atoms with van der Waals surface area (Å²) in [5, 5.41) is 0.620. The molecule has 0 unspecified atom stereocenters. The topological polar surface area (TPSA) is 39.4 Å². The molecule has 1 aromatic heterocycles. The summed E-state index contributed by atoms with van der Waals surface area (Å²) in [6.45, 7) is 1.48. The highest BCUT2D eigenvalue weighted by atomic mass is 35.5. The Balaban J connectivity index is 2.20. The first kappa shape index (κ1) is 12.7. The van der Waals surface area contributed by atoms with Gasteiger partial charge in [-0.2, -0.15) is 0 Å². The summed E-state index contributed by atoms with van der Waals surface area (Å²) in [6.07, 6.45) is 0.552. The smallest absolute Gasteiger partial charge is 0.194 e. The zero-order chi connectivity index (χ0) is 13.1. The number of hydrogen-bond donors (Lipinski definition) is 0. The van der Waals surface area contributed by atoms with E-state index in [1.54, 1.807) is 25.3 Å². The van der Waals surface area contributed by atoms with Crippen molar-refractivity contribution in [2.24, 2.45) is 0 Å². The zero-order valence-electron chi connectivity index (χ0n) is 10.2. The summed E-state index contributed by atoms with van der Waals surface area (Å²) in [5.41, 5.74) is 0.932. The monoisotopic (exact) mass is 264 g/mol. The van der Waals surface area contributed by atoms with E-state index in [4.69, 9.17) is 20.8 Å². The van der Waals surface area contributed by atoms with Gasteiger partial charge in [0, 0.05) is 18.4 Å². The quantitative estimate of drug-likeness (QED) is 0.790. The van der Waals surface area contributed by atoms with Gasteiger partial charge in [0.2, 0.25) is 0 Å². The Morgan fingerprint density at radius 3 is 2.67 bits per heavy atom. The van der Waals surface area contributed by atoms with Crippen LogP contribution in [0.5, 0.6) is 5.75 Å². The lowest BCUT2D eigenvalue weighted by Crippen LogP contribution is -1.90. The predicted molar refractivity (Wildman–Crippen MR) is 69.5 cm³/mol. The van der Waals surface area contributed by atoms with Gasteiger partial charge in [0.15, 0.2) is 11.5 Å². The fourth-order valence-electron chi connectivity index (χ4n) is 1.65. The van der Waals surface area contributed by atoms with Gasteiger partial charge in [-0.3, -0.25) is 4.79 Å². The first-order chi connectivity index (χ1) is 8.60. The summed E-state index contributed by atoms with van der Waals surface area (Å²) in [6, 6.07) is 8.95. The summed E-state index contributed by atoms with van der Waals surface area (Å²) in [7, 11) is 1.59. The van der Waals surface area contributed by atoms with E-state index in [2.05, 4.69) is 0 Å². The fraction of sp³-hybridized carbons (Fsp3) is 0.214. The molecule has 0 saturated carbocycles. The molecule has 0 aliphatic rings. The number of carbonyl (C=O) groups is 1. The van der Waals surface area contributed by atoms with Crippen molar-refractivity contribution in [2.75, 3.05) is 7.11 Å². The number of furan rings is 1. The molecule has 4 heteroatoms. The van der Waals surface area contributed by atoms with Crippen LogP contribution >= 0.6 is 11.6 Å². The Kier molecular flexibility index (Phi) is 3.72. The number of carbonyl (C=O) groups excluding carboxylic acids is 1. The van der Waals surface area contributed by atoms with Crippen LogP contribution < -0.4 is 4.74 Å². The number of ether oxygens (including phenoxy) is 1. The van der Waals surface area contributed by atoms with E-state index in [1.807, 2.05) is 12.1 Å². The summed E-state index contributed by atoms with van der Waals surface area (Å²) in [4.78, 5) is 11.1. The van der Waals surface area contributed by atoms with Gasteiger partial charge in [-0.15, -0.1) is 0 Å². The van der Waals surface area contributed by atoms with Crippen LogP contribution in [0.15, 0.2) is 34.7 Å². The maximum Gasteiger partial charge on any atom is 0.194 e. The highest BCUT2D eigenvalue weighted by Crippen LogP contribution is 2.25. The van der Waals surface area contributed by atoms with E-state index in [0.717, 1.165) is 5.56 Å². The Hall–Kier alpha value is -1.74. The van der Waals surface area contributed by atoms with Crippen molar-refractivity contribution in [1.29, 1.82) is 0 Å². The van der Waals surface area contributed by atoms with Gasteiger partial charge in [0.1, 0.15) is 11.5 Å². The molecule has 2 rings (SSSR count). The van der Waals surface area contributed by atoms with Crippen LogP contribution in [-0.2, 0) is 6.42 Å². The van der Waals surface area contributed by atoms with E-state index in [-0.39, 0.29) is 5.78 Å². The lowest BCUT2D eigenvalue weighted by molar-refractivity contribution is 0.0985. The normalized spacial score (nSPS) is 10.4. The Morgan fingerprint density at radius 2 is 2.11 bits per heavy atom. The lowest BCUT2D eigenvalue weighted by Gasteiger charge is -2.05. The van der Waals surface area contributed by atoms with Crippen molar-refractivity contribution < 1.29 is 13.9 Å². The van der Waals surface area contributed by atoms with Gasteiger partial charge in [-0.1, -0.05) is 17.7 Å². The van der Waals surface area contributed by atoms with Crippen LogP contribution in [0.1, 0.15) is 28.8 Å². The highest BCUT2D eigenvalue weighted by Gasteiger charge is 2.09. The fourth-order valence-corrected chi connectivity index (χ4v) is 1.89. The lowest BCUT2D eigenvalue weighted by atomic mass is 10.1. The summed E-state index contributed by atoms with van der Waals surface area (Å²) < 4.78 is 10.5. The van der Waals surface area contributed by atoms with E-state index >= 15 is 0 Å². The second-order valence-electron chi connectivity index (χ2n) is 3.96. The van der Waals surface area contributed by atoms with Gasteiger partial charge < -0.3 is 9.15 Å². The van der Waals surface area contributed by atoms with Crippen molar-refractivity contribution >= 4 is 17.4 Å². The molecule has 0 radical (unpaired) electrons. The molecule has 18 heavy (non-hydrogen) atoms. The number of methoxy groups -OCH3 is 1. The van der Waals surface area contributed by atoms with Crippen LogP contribution in [0.2, 0.25) is 5.02 Å². The number of rotatable bonds is 4. The van der Waals surface area contributed by atoms with E-state index in [0.29, 0.717) is 28.7 Å². The van der Waals surface area contributed by atoms with Crippen molar-refractivity contribution in [3.05, 3.63) is 52.4 Å². The van der Waals surface area contributed by atoms with Gasteiger partial charge in [0.05, 0.1) is 7.11 Å². The number of ketones is 1. The van der Waals surface area contributed by atoms with Crippen LogP contribution in [0.4, 0.5) is 0 Å². The molecule has 2 aromatic rings. The maximum atomic E-state index is 11.1. The molecule has 0 spiro atoms. The Morgan fingerprint density at radius 1 is 1.33 bits per heavy atom. The molecule has 94 valence electrons. The molecule has 0 bridgehead atoms. The van der Waals surface area contributed by atoms with Crippen LogP contribution in [0.3, 0.4) is 0 Å². The second-order valence-corrected chi connectivity index (χ2v) is 4.36. The van der Waals surface area contributed by atoms with Crippen LogP contribution in [0.25, 0.3) is 0 Å². The molecule has 1 heterocycles. The van der Waals surface area contributed by atoms with Crippen molar-refractivity contribution in [1.82, 2.24) is 0 Å². The minimum atomic E-state index is -0.0814. The second kappa shape index (κ2) is 5.27. The molecular formula is C14H13ClO3. The number of halogens is 1.